The molecule has 166 valence electrons. The summed E-state index contributed by atoms with van der Waals surface area (Å²) in [6.45, 7) is 1.79. The molecule has 10 nitrogen and oxygen atoms in total. The average Bonchev–Trinajstić information content (AvgIpc) is 3.40. The van der Waals surface area contributed by atoms with Crippen LogP contribution in [0, 0.1) is 0 Å². The van der Waals surface area contributed by atoms with E-state index in [-0.39, 0.29) is 24.8 Å². The van der Waals surface area contributed by atoms with E-state index in [1.807, 2.05) is 23.9 Å². The maximum Gasteiger partial charge on any atom is 0.262 e. The number of nitrogens with zero attached hydrogens (tertiary/aromatic N) is 4. The van der Waals surface area contributed by atoms with Crippen LogP contribution < -0.4 is 11.1 Å². The van der Waals surface area contributed by atoms with Gasteiger partial charge < -0.3 is 10.3 Å². The minimum absolute atomic E-state index is 0.0732. The van der Waals surface area contributed by atoms with Crippen molar-refractivity contribution in [2.45, 2.75) is 37.4 Å². The first-order valence-corrected chi connectivity index (χ1v) is 10.6. The number of aryl methyl sites for hydroxylation is 1. The Morgan fingerprint density at radius 3 is 2.69 bits per heavy atom. The standard InChI is InChI=1S/C22H24N6O4/c1-26-8-7-24-19(26)14-10-27(11-15(14)23)9-12-3-2-4-13-18(12)22(32)28(21(13)31)16-5-6-17(29)25-20(16)30/h2-4,7-8,14-16H,5-6,9-11,23H2,1H3,(H,25,29,30)/t14-,15-,16?/m1/s1. The number of hydrogen-bond acceptors (Lipinski definition) is 7. The van der Waals surface area contributed by atoms with Gasteiger partial charge in [-0.2, -0.15) is 0 Å². The minimum Gasteiger partial charge on any atom is -0.338 e. The van der Waals surface area contributed by atoms with Crippen molar-refractivity contribution in [3.8, 4) is 0 Å². The number of fused-ring (bicyclic) bond motifs is 1. The Balaban J connectivity index is 1.39. The van der Waals surface area contributed by atoms with Gasteiger partial charge in [0.1, 0.15) is 11.9 Å². The van der Waals surface area contributed by atoms with E-state index in [0.29, 0.717) is 30.8 Å². The van der Waals surface area contributed by atoms with Crippen molar-refractivity contribution in [3.63, 3.8) is 0 Å². The second kappa shape index (κ2) is 7.64. The van der Waals surface area contributed by atoms with Crippen molar-refractivity contribution in [1.82, 2.24) is 24.7 Å². The van der Waals surface area contributed by atoms with Crippen LogP contribution in [0.4, 0.5) is 0 Å². The molecule has 4 heterocycles. The quantitative estimate of drug-likeness (QED) is 0.632. The van der Waals surface area contributed by atoms with Gasteiger partial charge in [0.2, 0.25) is 11.8 Å². The number of piperidine rings is 1. The van der Waals surface area contributed by atoms with Gasteiger partial charge in [0.05, 0.1) is 11.1 Å². The Morgan fingerprint density at radius 1 is 1.16 bits per heavy atom. The van der Waals surface area contributed by atoms with E-state index >= 15 is 0 Å². The second-order valence-corrected chi connectivity index (χ2v) is 8.65. The number of rotatable bonds is 4. The highest BCUT2D eigenvalue weighted by atomic mass is 16.2. The zero-order valence-electron chi connectivity index (χ0n) is 17.7. The summed E-state index contributed by atoms with van der Waals surface area (Å²) in [5.41, 5.74) is 7.74. The molecule has 2 aromatic rings. The highest BCUT2D eigenvalue weighted by molar-refractivity contribution is 6.24. The molecule has 2 fully saturated rings. The van der Waals surface area contributed by atoms with E-state index in [1.54, 1.807) is 18.3 Å². The third-order valence-corrected chi connectivity index (χ3v) is 6.58. The van der Waals surface area contributed by atoms with Crippen LogP contribution in [-0.4, -0.2) is 68.2 Å². The number of hydrogen-bond donors (Lipinski definition) is 2. The van der Waals surface area contributed by atoms with E-state index in [2.05, 4.69) is 15.2 Å². The van der Waals surface area contributed by atoms with Crippen LogP contribution in [-0.2, 0) is 23.2 Å². The fourth-order valence-electron chi connectivity index (χ4n) is 5.01. The van der Waals surface area contributed by atoms with Crippen LogP contribution in [0.25, 0.3) is 0 Å². The SMILES string of the molecule is Cn1ccnc1[C@@H]1CN(Cc2cccc3c2C(=O)N(C2CCC(=O)NC2=O)C3=O)C[C@H]1N. The Labute approximate surface area is 184 Å². The molecule has 0 spiro atoms. The zero-order valence-corrected chi connectivity index (χ0v) is 17.7. The minimum atomic E-state index is -0.971. The average molecular weight is 436 g/mol. The third kappa shape index (κ3) is 3.23. The molecule has 1 aromatic heterocycles. The molecule has 1 unspecified atom stereocenters. The number of carbonyl (C=O) groups excluding carboxylic acids is 4. The smallest absolute Gasteiger partial charge is 0.262 e. The Morgan fingerprint density at radius 2 is 1.97 bits per heavy atom. The molecule has 3 aliphatic rings. The lowest BCUT2D eigenvalue weighted by molar-refractivity contribution is -0.136. The number of nitrogens with one attached hydrogen (secondary N) is 1. The molecule has 2 saturated heterocycles. The number of likely N-dealkylation sites (tertiary alicyclic amines) is 1. The van der Waals surface area contributed by atoms with Gasteiger partial charge in [-0.3, -0.25) is 34.3 Å². The van der Waals surface area contributed by atoms with Gasteiger partial charge in [-0.1, -0.05) is 12.1 Å². The molecule has 0 radical (unpaired) electrons. The normalized spacial score (nSPS) is 26.1. The molecule has 3 atom stereocenters. The molecule has 1 aromatic carbocycles. The maximum absolute atomic E-state index is 13.3. The zero-order chi connectivity index (χ0) is 22.6. The first-order valence-electron chi connectivity index (χ1n) is 10.6. The monoisotopic (exact) mass is 436 g/mol. The van der Waals surface area contributed by atoms with Gasteiger partial charge in [0.15, 0.2) is 0 Å². The molecule has 3 aliphatic heterocycles. The molecule has 4 amide bonds. The van der Waals surface area contributed by atoms with E-state index in [0.717, 1.165) is 16.3 Å². The number of imidazole rings is 1. The molecule has 3 N–H and O–H groups in total. The molecule has 32 heavy (non-hydrogen) atoms. The first-order chi connectivity index (χ1) is 15.3. The number of carbonyl (C=O) groups is 4. The van der Waals surface area contributed by atoms with Gasteiger partial charge in [-0.15, -0.1) is 0 Å². The lowest BCUT2D eigenvalue weighted by Crippen LogP contribution is -2.54. The van der Waals surface area contributed by atoms with Crippen molar-refractivity contribution < 1.29 is 19.2 Å². The van der Waals surface area contributed by atoms with Gasteiger partial charge in [0.25, 0.3) is 11.8 Å². The number of benzene rings is 1. The highest BCUT2D eigenvalue weighted by Gasteiger charge is 2.45. The van der Waals surface area contributed by atoms with Gasteiger partial charge in [0, 0.05) is 57.5 Å². The summed E-state index contributed by atoms with van der Waals surface area (Å²) in [5, 5.41) is 2.22. The lowest BCUT2D eigenvalue weighted by atomic mass is 10.0. The van der Waals surface area contributed by atoms with Crippen molar-refractivity contribution in [1.29, 1.82) is 0 Å². The van der Waals surface area contributed by atoms with Crippen LogP contribution >= 0.6 is 0 Å². The number of imide groups is 2. The van der Waals surface area contributed by atoms with Crippen molar-refractivity contribution in [2.24, 2.45) is 12.8 Å². The van der Waals surface area contributed by atoms with Crippen molar-refractivity contribution in [3.05, 3.63) is 53.1 Å². The number of aromatic nitrogens is 2. The van der Waals surface area contributed by atoms with E-state index in [9.17, 15) is 19.2 Å². The van der Waals surface area contributed by atoms with Crippen LogP contribution in [0.5, 0.6) is 0 Å². The summed E-state index contributed by atoms with van der Waals surface area (Å²) in [4.78, 5) is 57.7. The molecule has 0 bridgehead atoms. The molecule has 10 heteroatoms. The van der Waals surface area contributed by atoms with Gasteiger partial charge >= 0.3 is 0 Å². The fourth-order valence-corrected chi connectivity index (χ4v) is 5.01. The summed E-state index contributed by atoms with van der Waals surface area (Å²) < 4.78 is 1.97. The Hall–Kier alpha value is -3.37. The van der Waals surface area contributed by atoms with E-state index < -0.39 is 29.7 Å². The summed E-state index contributed by atoms with van der Waals surface area (Å²) in [7, 11) is 1.94. The van der Waals surface area contributed by atoms with Gasteiger partial charge in [-0.25, -0.2) is 4.98 Å². The first kappa shape index (κ1) is 20.5. The van der Waals surface area contributed by atoms with E-state index in [1.165, 1.54) is 0 Å². The molecule has 0 aliphatic carbocycles. The fraction of sp³-hybridized carbons (Fsp3) is 0.409. The highest BCUT2D eigenvalue weighted by Crippen LogP contribution is 2.32. The van der Waals surface area contributed by atoms with Crippen LogP contribution in [0.3, 0.4) is 0 Å². The third-order valence-electron chi connectivity index (χ3n) is 6.58. The summed E-state index contributed by atoms with van der Waals surface area (Å²) in [6, 6.07) is 4.13. The number of nitrogens with two attached hydrogens (primary N) is 1. The predicted octanol–water partition coefficient (Wildman–Crippen LogP) is -0.252. The topological polar surface area (TPSA) is 131 Å². The molecular formula is C22H24N6O4. The molecule has 0 saturated carbocycles. The van der Waals surface area contributed by atoms with Crippen LogP contribution in [0.1, 0.15) is 50.9 Å². The maximum atomic E-state index is 13.3. The summed E-state index contributed by atoms with van der Waals surface area (Å²) in [6.07, 6.45) is 3.87. The van der Waals surface area contributed by atoms with Gasteiger partial charge in [-0.05, 0) is 18.1 Å². The van der Waals surface area contributed by atoms with Crippen LogP contribution in [0.2, 0.25) is 0 Å². The second-order valence-electron chi connectivity index (χ2n) is 8.65. The molecular weight excluding hydrogens is 412 g/mol. The lowest BCUT2D eigenvalue weighted by Gasteiger charge is -2.28. The molecule has 5 rings (SSSR count). The van der Waals surface area contributed by atoms with Crippen LogP contribution in [0.15, 0.2) is 30.6 Å². The van der Waals surface area contributed by atoms with E-state index in [4.69, 9.17) is 5.73 Å². The summed E-state index contributed by atoms with van der Waals surface area (Å²) >= 11 is 0. The predicted molar refractivity (Wildman–Crippen MR) is 112 cm³/mol. The Kier molecular flexibility index (Phi) is 4.90. The largest absolute Gasteiger partial charge is 0.338 e. The van der Waals surface area contributed by atoms with Crippen molar-refractivity contribution in [2.75, 3.05) is 13.1 Å². The summed E-state index contributed by atoms with van der Waals surface area (Å²) in [5.74, 6) is -0.987. The Bertz CT molecular complexity index is 1140. The van der Waals surface area contributed by atoms with Crippen molar-refractivity contribution >= 4 is 23.6 Å². The number of amides is 4.